The van der Waals surface area contributed by atoms with E-state index >= 15 is 0 Å². The van der Waals surface area contributed by atoms with Gasteiger partial charge in [-0.1, -0.05) is 12.1 Å². The summed E-state index contributed by atoms with van der Waals surface area (Å²) >= 11 is 0. The highest BCUT2D eigenvalue weighted by Gasteiger charge is 2.19. The fourth-order valence-corrected chi connectivity index (χ4v) is 1.02. The van der Waals surface area contributed by atoms with E-state index in [1.165, 1.54) is 18.2 Å². The average molecular weight is 196 g/mol. The Morgan fingerprint density at radius 1 is 1.29 bits per heavy atom. The summed E-state index contributed by atoms with van der Waals surface area (Å²) < 4.78 is 0. The van der Waals surface area contributed by atoms with Crippen LogP contribution in [-0.4, -0.2) is 27.1 Å². The molecule has 1 aromatic carbocycles. The largest absolute Gasteiger partial charge is 0.507 e. The number of ketones is 1. The quantitative estimate of drug-likeness (QED) is 0.472. The molecular formula is C9H8O5. The number of hydrogen-bond acceptors (Lipinski definition) is 4. The summed E-state index contributed by atoms with van der Waals surface area (Å²) in [4.78, 5) is 21.3. The number of carboxylic acid groups (broad SMARTS) is 1. The molecule has 74 valence electrons. The third kappa shape index (κ3) is 1.72. The number of Topliss-reactive ketones (excluding diaryl/α,β-unsaturated/α-hetero) is 1. The van der Waals surface area contributed by atoms with Gasteiger partial charge >= 0.3 is 5.97 Å². The number of benzene rings is 1. The van der Waals surface area contributed by atoms with E-state index in [0.717, 1.165) is 0 Å². The number of phenols is 1. The van der Waals surface area contributed by atoms with E-state index in [-0.39, 0.29) is 11.1 Å². The summed E-state index contributed by atoms with van der Waals surface area (Å²) in [5.74, 6) is -3.32. The number of carboxylic acids is 1. The highest BCUT2D eigenvalue weighted by molar-refractivity contribution is 6.40. The number of hydrogen-bond donors (Lipinski definition) is 3. The molecule has 0 aromatic heterocycles. The Hall–Kier alpha value is -1.88. The van der Waals surface area contributed by atoms with Crippen LogP contribution in [0.2, 0.25) is 0 Å². The SMILES string of the molecule is O=C(O)C(=O)c1cccc(CO)c1O. The fourth-order valence-electron chi connectivity index (χ4n) is 1.02. The van der Waals surface area contributed by atoms with Crippen LogP contribution in [0, 0.1) is 0 Å². The number of carbonyl (C=O) groups is 2. The van der Waals surface area contributed by atoms with Crippen molar-refractivity contribution < 1.29 is 24.9 Å². The molecule has 0 radical (unpaired) electrons. The number of aliphatic hydroxyl groups is 1. The molecule has 0 bridgehead atoms. The minimum atomic E-state index is -1.64. The lowest BCUT2D eigenvalue weighted by molar-refractivity contribution is -0.131. The van der Waals surface area contributed by atoms with Crippen LogP contribution in [0.3, 0.4) is 0 Å². The Balaban J connectivity index is 3.22. The number of carbonyl (C=O) groups excluding carboxylic acids is 1. The molecule has 0 atom stereocenters. The first-order valence-corrected chi connectivity index (χ1v) is 3.77. The van der Waals surface area contributed by atoms with E-state index in [1.807, 2.05) is 0 Å². The van der Waals surface area contributed by atoms with Gasteiger partial charge in [0.15, 0.2) is 0 Å². The van der Waals surface area contributed by atoms with Crippen LogP contribution in [0.25, 0.3) is 0 Å². The predicted molar refractivity (Wildman–Crippen MR) is 46.0 cm³/mol. The molecule has 5 heteroatoms. The van der Waals surface area contributed by atoms with Crippen LogP contribution >= 0.6 is 0 Å². The van der Waals surface area contributed by atoms with Crippen LogP contribution in [0.1, 0.15) is 15.9 Å². The first kappa shape index (κ1) is 10.2. The first-order valence-electron chi connectivity index (χ1n) is 3.77. The van der Waals surface area contributed by atoms with Crippen molar-refractivity contribution in [2.24, 2.45) is 0 Å². The second-order valence-electron chi connectivity index (χ2n) is 2.61. The number of para-hydroxylation sites is 1. The van der Waals surface area contributed by atoms with Gasteiger partial charge in [0.2, 0.25) is 0 Å². The molecular weight excluding hydrogens is 188 g/mol. The van der Waals surface area contributed by atoms with Crippen LogP contribution < -0.4 is 0 Å². The molecule has 0 unspecified atom stereocenters. The molecule has 0 spiro atoms. The van der Waals surface area contributed by atoms with Crippen LogP contribution in [0.15, 0.2) is 18.2 Å². The Morgan fingerprint density at radius 2 is 1.93 bits per heavy atom. The van der Waals surface area contributed by atoms with Gasteiger partial charge in [-0.05, 0) is 6.07 Å². The van der Waals surface area contributed by atoms with Gasteiger partial charge in [-0.2, -0.15) is 0 Å². The highest BCUT2D eigenvalue weighted by Crippen LogP contribution is 2.22. The smallest absolute Gasteiger partial charge is 0.377 e. The third-order valence-corrected chi connectivity index (χ3v) is 1.73. The van der Waals surface area contributed by atoms with Gasteiger partial charge in [0.1, 0.15) is 5.75 Å². The standard InChI is InChI=1S/C9H8O5/c10-4-5-2-1-3-6(7(5)11)8(12)9(13)14/h1-3,10-11H,4H2,(H,13,14). The minimum Gasteiger partial charge on any atom is -0.507 e. The molecule has 0 saturated carbocycles. The summed E-state index contributed by atoms with van der Waals surface area (Å²) in [5.41, 5.74) is -0.193. The van der Waals surface area contributed by atoms with Crippen molar-refractivity contribution in [2.45, 2.75) is 6.61 Å². The number of aliphatic hydroxyl groups excluding tert-OH is 1. The Bertz CT molecular complexity index is 383. The number of aromatic hydroxyl groups is 1. The molecule has 5 nitrogen and oxygen atoms in total. The second kappa shape index (κ2) is 3.89. The fraction of sp³-hybridized carbons (Fsp3) is 0.111. The summed E-state index contributed by atoms with van der Waals surface area (Å²) in [7, 11) is 0. The van der Waals surface area contributed by atoms with E-state index in [9.17, 15) is 14.7 Å². The molecule has 1 rings (SSSR count). The molecule has 0 amide bonds. The summed E-state index contributed by atoms with van der Waals surface area (Å²) in [5, 5.41) is 26.5. The van der Waals surface area contributed by atoms with E-state index < -0.39 is 24.1 Å². The van der Waals surface area contributed by atoms with Crippen molar-refractivity contribution in [3.8, 4) is 5.75 Å². The maximum Gasteiger partial charge on any atom is 0.377 e. The second-order valence-corrected chi connectivity index (χ2v) is 2.61. The molecule has 0 saturated heterocycles. The molecule has 0 fully saturated rings. The predicted octanol–water partition coefficient (Wildman–Crippen LogP) is 0.152. The van der Waals surface area contributed by atoms with E-state index in [4.69, 9.17) is 10.2 Å². The van der Waals surface area contributed by atoms with Gasteiger partial charge in [-0.3, -0.25) is 4.79 Å². The van der Waals surface area contributed by atoms with Gasteiger partial charge in [-0.25, -0.2) is 4.79 Å². The monoisotopic (exact) mass is 196 g/mol. The lowest BCUT2D eigenvalue weighted by Crippen LogP contribution is -2.13. The van der Waals surface area contributed by atoms with Gasteiger partial charge in [0.25, 0.3) is 5.78 Å². The van der Waals surface area contributed by atoms with Crippen molar-refractivity contribution in [1.82, 2.24) is 0 Å². The van der Waals surface area contributed by atoms with Crippen LogP contribution in [0.4, 0.5) is 0 Å². The zero-order chi connectivity index (χ0) is 10.7. The van der Waals surface area contributed by atoms with Crippen molar-refractivity contribution in [3.63, 3.8) is 0 Å². The topological polar surface area (TPSA) is 94.8 Å². The lowest BCUT2D eigenvalue weighted by Gasteiger charge is -2.04. The van der Waals surface area contributed by atoms with Gasteiger partial charge in [0, 0.05) is 5.56 Å². The normalized spacial score (nSPS) is 9.79. The molecule has 0 aliphatic rings. The highest BCUT2D eigenvalue weighted by atomic mass is 16.4. The average Bonchev–Trinajstić information content (AvgIpc) is 2.17. The van der Waals surface area contributed by atoms with Gasteiger partial charge in [-0.15, -0.1) is 0 Å². The summed E-state index contributed by atoms with van der Waals surface area (Å²) in [6.45, 7) is -0.452. The molecule has 0 heterocycles. The van der Waals surface area contributed by atoms with Crippen molar-refractivity contribution in [2.75, 3.05) is 0 Å². The summed E-state index contributed by atoms with van der Waals surface area (Å²) in [6, 6.07) is 3.97. The molecule has 14 heavy (non-hydrogen) atoms. The van der Waals surface area contributed by atoms with E-state index in [0.29, 0.717) is 0 Å². The first-order chi connectivity index (χ1) is 6.57. The lowest BCUT2D eigenvalue weighted by atomic mass is 10.1. The Labute approximate surface area is 79.2 Å². The molecule has 1 aromatic rings. The Morgan fingerprint density at radius 3 is 2.43 bits per heavy atom. The number of rotatable bonds is 3. The maximum atomic E-state index is 11.0. The van der Waals surface area contributed by atoms with E-state index in [2.05, 4.69) is 0 Å². The minimum absolute atomic E-state index is 0.122. The Kier molecular flexibility index (Phi) is 2.83. The molecule has 0 aliphatic heterocycles. The maximum absolute atomic E-state index is 11.0. The van der Waals surface area contributed by atoms with Crippen LogP contribution in [-0.2, 0) is 11.4 Å². The van der Waals surface area contributed by atoms with Crippen molar-refractivity contribution >= 4 is 11.8 Å². The van der Waals surface area contributed by atoms with Gasteiger partial charge in [0.05, 0.1) is 12.2 Å². The number of aliphatic carboxylic acids is 1. The zero-order valence-electron chi connectivity index (χ0n) is 7.10. The van der Waals surface area contributed by atoms with Gasteiger partial charge < -0.3 is 15.3 Å². The van der Waals surface area contributed by atoms with E-state index in [1.54, 1.807) is 0 Å². The van der Waals surface area contributed by atoms with Crippen molar-refractivity contribution in [1.29, 1.82) is 0 Å². The van der Waals surface area contributed by atoms with Crippen LogP contribution in [0.5, 0.6) is 5.75 Å². The molecule has 0 aliphatic carbocycles. The third-order valence-electron chi connectivity index (χ3n) is 1.73. The van der Waals surface area contributed by atoms with Crippen molar-refractivity contribution in [3.05, 3.63) is 29.3 Å². The molecule has 3 N–H and O–H groups in total. The zero-order valence-corrected chi connectivity index (χ0v) is 7.10. The summed E-state index contributed by atoms with van der Waals surface area (Å²) in [6.07, 6.45) is 0.